The summed E-state index contributed by atoms with van der Waals surface area (Å²) in [4.78, 5) is 14.8. The summed E-state index contributed by atoms with van der Waals surface area (Å²) in [5, 5.41) is 3.16. The third-order valence-corrected chi connectivity index (χ3v) is 5.87. The Balaban J connectivity index is 1.48. The van der Waals surface area contributed by atoms with Crippen molar-refractivity contribution in [2.24, 2.45) is 17.8 Å². The summed E-state index contributed by atoms with van der Waals surface area (Å²) in [7, 11) is 0. The fourth-order valence-electron chi connectivity index (χ4n) is 4.35. The van der Waals surface area contributed by atoms with E-state index in [1.807, 2.05) is 0 Å². The molecule has 0 aliphatic heterocycles. The maximum atomic E-state index is 12.4. The van der Waals surface area contributed by atoms with Crippen LogP contribution in [0, 0.1) is 17.8 Å². The molecule has 2 aliphatic carbocycles. The summed E-state index contributed by atoms with van der Waals surface area (Å²) in [5.74, 6) is 2.06. The van der Waals surface area contributed by atoms with Gasteiger partial charge in [0.2, 0.25) is 5.91 Å². The summed E-state index contributed by atoms with van der Waals surface area (Å²) in [5.41, 5.74) is 2.54. The lowest BCUT2D eigenvalue weighted by Gasteiger charge is -2.21. The normalized spacial score (nSPS) is 26.0. The molecule has 1 N–H and O–H groups in total. The smallest absolute Gasteiger partial charge is 0.223 e. The quantitative estimate of drug-likeness (QED) is 0.834. The molecule has 126 valence electrons. The van der Waals surface area contributed by atoms with Crippen LogP contribution in [0.25, 0.3) is 0 Å². The second kappa shape index (κ2) is 7.48. The average molecular weight is 314 g/mol. The largest absolute Gasteiger partial charge is 0.352 e. The molecule has 3 unspecified atom stereocenters. The van der Waals surface area contributed by atoms with Crippen molar-refractivity contribution in [3.8, 4) is 0 Å². The molecule has 2 bridgehead atoms. The monoisotopic (exact) mass is 314 g/mol. The maximum Gasteiger partial charge on any atom is 0.223 e. The molecular weight excluding hydrogens is 284 g/mol. The topological polar surface area (TPSA) is 32.3 Å². The number of carbonyl (C=O) groups excluding carboxylic acids is 1. The van der Waals surface area contributed by atoms with E-state index in [0.717, 1.165) is 32.0 Å². The van der Waals surface area contributed by atoms with E-state index in [1.54, 1.807) is 0 Å². The van der Waals surface area contributed by atoms with Crippen LogP contribution in [0.2, 0.25) is 0 Å². The van der Waals surface area contributed by atoms with Crippen molar-refractivity contribution in [1.82, 2.24) is 10.2 Å². The lowest BCUT2D eigenvalue weighted by Crippen LogP contribution is -2.33. The van der Waals surface area contributed by atoms with Crippen LogP contribution in [0.1, 0.15) is 50.7 Å². The molecule has 3 nitrogen and oxygen atoms in total. The van der Waals surface area contributed by atoms with Crippen LogP contribution in [-0.4, -0.2) is 23.9 Å². The summed E-state index contributed by atoms with van der Waals surface area (Å²) in [6.45, 7) is 8.23. The van der Waals surface area contributed by atoms with Gasteiger partial charge >= 0.3 is 0 Å². The van der Waals surface area contributed by atoms with Crippen molar-refractivity contribution >= 4 is 5.91 Å². The number of hydrogen-bond donors (Lipinski definition) is 1. The fourth-order valence-corrected chi connectivity index (χ4v) is 4.35. The standard InChI is InChI=1S/C20H30N2O/c1-3-22(4-2)14-16-7-5-15(6-8-16)13-21-20(23)19-12-17-9-10-18(19)11-17/h5-8,17-19H,3-4,9-14H2,1-2H3,(H,21,23). The van der Waals surface area contributed by atoms with Gasteiger partial charge in [-0.15, -0.1) is 0 Å². The van der Waals surface area contributed by atoms with Gasteiger partial charge in [-0.3, -0.25) is 9.69 Å². The minimum absolute atomic E-state index is 0.282. The van der Waals surface area contributed by atoms with E-state index in [1.165, 1.54) is 30.4 Å². The number of nitrogens with zero attached hydrogens (tertiary/aromatic N) is 1. The van der Waals surface area contributed by atoms with E-state index >= 15 is 0 Å². The van der Waals surface area contributed by atoms with Crippen LogP contribution >= 0.6 is 0 Å². The van der Waals surface area contributed by atoms with Gasteiger partial charge in [0.15, 0.2) is 0 Å². The molecule has 2 fully saturated rings. The summed E-state index contributed by atoms with van der Waals surface area (Å²) >= 11 is 0. The van der Waals surface area contributed by atoms with E-state index in [2.05, 4.69) is 48.3 Å². The molecule has 0 aromatic heterocycles. The molecule has 0 radical (unpaired) electrons. The van der Waals surface area contributed by atoms with Crippen LogP contribution in [0.3, 0.4) is 0 Å². The number of amides is 1. The summed E-state index contributed by atoms with van der Waals surface area (Å²) < 4.78 is 0. The SMILES string of the molecule is CCN(CC)Cc1ccc(CNC(=O)C2CC3CCC2C3)cc1. The molecule has 0 saturated heterocycles. The minimum atomic E-state index is 0.282. The van der Waals surface area contributed by atoms with Crippen molar-refractivity contribution < 1.29 is 4.79 Å². The Hall–Kier alpha value is -1.35. The molecule has 2 aliphatic rings. The molecule has 1 amide bonds. The first-order chi connectivity index (χ1) is 11.2. The second-order valence-electron chi connectivity index (χ2n) is 7.28. The van der Waals surface area contributed by atoms with Crippen LogP contribution in [0.15, 0.2) is 24.3 Å². The third kappa shape index (κ3) is 3.95. The number of nitrogens with one attached hydrogen (secondary N) is 1. The predicted molar refractivity (Wildman–Crippen MR) is 93.9 cm³/mol. The molecule has 3 atom stereocenters. The Labute approximate surface area is 140 Å². The highest BCUT2D eigenvalue weighted by Gasteiger charge is 2.42. The van der Waals surface area contributed by atoms with Crippen molar-refractivity contribution in [2.75, 3.05) is 13.1 Å². The lowest BCUT2D eigenvalue weighted by molar-refractivity contribution is -0.126. The molecule has 1 aromatic rings. The van der Waals surface area contributed by atoms with Crippen molar-refractivity contribution in [3.05, 3.63) is 35.4 Å². The van der Waals surface area contributed by atoms with Gasteiger partial charge in [-0.25, -0.2) is 0 Å². The van der Waals surface area contributed by atoms with Crippen molar-refractivity contribution in [1.29, 1.82) is 0 Å². The Morgan fingerprint density at radius 3 is 2.35 bits per heavy atom. The summed E-state index contributed by atoms with van der Waals surface area (Å²) in [6, 6.07) is 8.69. The molecule has 23 heavy (non-hydrogen) atoms. The molecule has 1 aromatic carbocycles. The first kappa shape index (κ1) is 16.5. The van der Waals surface area contributed by atoms with E-state index < -0.39 is 0 Å². The number of fused-ring (bicyclic) bond motifs is 2. The van der Waals surface area contributed by atoms with Gasteiger partial charge in [0, 0.05) is 19.0 Å². The first-order valence-corrected chi connectivity index (χ1v) is 9.27. The number of hydrogen-bond acceptors (Lipinski definition) is 2. The molecule has 2 saturated carbocycles. The minimum Gasteiger partial charge on any atom is -0.352 e. The number of rotatable bonds is 7. The third-order valence-electron chi connectivity index (χ3n) is 5.87. The second-order valence-corrected chi connectivity index (χ2v) is 7.28. The molecule has 0 spiro atoms. The zero-order valence-electron chi connectivity index (χ0n) is 14.6. The van der Waals surface area contributed by atoms with Gasteiger partial charge < -0.3 is 5.32 Å². The average Bonchev–Trinajstić information content (AvgIpc) is 3.22. The predicted octanol–water partition coefficient (Wildman–Crippen LogP) is 3.58. The van der Waals surface area contributed by atoms with Crippen molar-refractivity contribution in [2.45, 2.75) is 52.6 Å². The Morgan fingerprint density at radius 2 is 1.78 bits per heavy atom. The summed E-state index contributed by atoms with van der Waals surface area (Å²) in [6.07, 6.45) is 5.03. The van der Waals surface area contributed by atoms with Gasteiger partial charge in [-0.1, -0.05) is 44.5 Å². The van der Waals surface area contributed by atoms with Crippen LogP contribution in [0.4, 0.5) is 0 Å². The first-order valence-electron chi connectivity index (χ1n) is 9.27. The van der Waals surface area contributed by atoms with Crippen LogP contribution < -0.4 is 5.32 Å². The zero-order chi connectivity index (χ0) is 16.2. The van der Waals surface area contributed by atoms with E-state index in [0.29, 0.717) is 12.5 Å². The van der Waals surface area contributed by atoms with Crippen molar-refractivity contribution in [3.63, 3.8) is 0 Å². The van der Waals surface area contributed by atoms with Gasteiger partial charge in [0.05, 0.1) is 0 Å². The highest BCUT2D eigenvalue weighted by Crippen LogP contribution is 2.48. The van der Waals surface area contributed by atoms with Gasteiger partial charge in [0.25, 0.3) is 0 Å². The zero-order valence-corrected chi connectivity index (χ0v) is 14.6. The van der Waals surface area contributed by atoms with E-state index in [4.69, 9.17) is 0 Å². The molecule has 3 rings (SSSR count). The van der Waals surface area contributed by atoms with E-state index in [9.17, 15) is 4.79 Å². The van der Waals surface area contributed by atoms with E-state index in [-0.39, 0.29) is 11.8 Å². The maximum absolute atomic E-state index is 12.4. The highest BCUT2D eigenvalue weighted by atomic mass is 16.1. The Bertz CT molecular complexity index is 521. The molecular formula is C20H30N2O. The Kier molecular flexibility index (Phi) is 5.37. The molecule has 3 heteroatoms. The van der Waals surface area contributed by atoms with Gasteiger partial charge in [-0.2, -0.15) is 0 Å². The van der Waals surface area contributed by atoms with Crippen LogP contribution in [0.5, 0.6) is 0 Å². The highest BCUT2D eigenvalue weighted by molar-refractivity contribution is 5.79. The lowest BCUT2D eigenvalue weighted by atomic mass is 9.88. The number of benzene rings is 1. The van der Waals surface area contributed by atoms with Gasteiger partial charge in [0.1, 0.15) is 0 Å². The van der Waals surface area contributed by atoms with Gasteiger partial charge in [-0.05, 0) is 55.3 Å². The van der Waals surface area contributed by atoms with Crippen LogP contribution in [-0.2, 0) is 17.9 Å². The Morgan fingerprint density at radius 1 is 1.09 bits per heavy atom. The fraction of sp³-hybridized carbons (Fsp3) is 0.650. The molecule has 0 heterocycles. The number of carbonyl (C=O) groups is 1.